The first-order chi connectivity index (χ1) is 18.4. The predicted octanol–water partition coefficient (Wildman–Crippen LogP) is 3.88. The average Bonchev–Trinajstić information content (AvgIpc) is 3.59. The molecule has 2 saturated heterocycles. The average molecular weight is 560 g/mol. The quantitative estimate of drug-likeness (QED) is 0.489. The molecule has 4 heterocycles. The van der Waals surface area contributed by atoms with Crippen LogP contribution in [0.3, 0.4) is 0 Å². The number of benzene rings is 1. The SMILES string of the molecule is O=C(c1cnc(OCC(F)(F)F)c(C(F)(F)F)c1)N1CC2C(C1)[C@@H]1CN(C(=O)c3ccc4c(c3)NNN4)C[C@H]21.[HH].[HH]. The van der Waals surface area contributed by atoms with Crippen LogP contribution in [0.15, 0.2) is 30.5 Å². The number of pyridine rings is 1. The zero-order valence-electron chi connectivity index (χ0n) is 20.1. The van der Waals surface area contributed by atoms with Gasteiger partial charge in [0.2, 0.25) is 5.88 Å². The highest BCUT2D eigenvalue weighted by molar-refractivity contribution is 5.97. The van der Waals surface area contributed by atoms with Gasteiger partial charge in [0, 0.05) is 40.8 Å². The number of hydrogen-bond acceptors (Lipinski definition) is 7. The lowest BCUT2D eigenvalue weighted by molar-refractivity contribution is -0.159. The van der Waals surface area contributed by atoms with Gasteiger partial charge in [-0.3, -0.25) is 9.59 Å². The molecule has 2 unspecified atom stereocenters. The Balaban J connectivity index is 0.00000194. The molecule has 9 nitrogen and oxygen atoms in total. The van der Waals surface area contributed by atoms with Crippen molar-refractivity contribution in [2.75, 3.05) is 43.6 Å². The molecule has 1 saturated carbocycles. The Morgan fingerprint density at radius 2 is 1.44 bits per heavy atom. The van der Waals surface area contributed by atoms with Crippen LogP contribution in [0, 0.1) is 23.7 Å². The van der Waals surface area contributed by atoms with E-state index in [1.165, 1.54) is 4.90 Å². The number of carbonyl (C=O) groups is 2. The van der Waals surface area contributed by atoms with Crippen LogP contribution >= 0.6 is 0 Å². The summed E-state index contributed by atoms with van der Waals surface area (Å²) >= 11 is 0. The highest BCUT2D eigenvalue weighted by Crippen LogP contribution is 2.54. The van der Waals surface area contributed by atoms with Gasteiger partial charge in [-0.2, -0.15) is 26.3 Å². The summed E-state index contributed by atoms with van der Waals surface area (Å²) in [5.41, 5.74) is 8.80. The van der Waals surface area contributed by atoms with Crippen molar-refractivity contribution in [1.29, 1.82) is 0 Å². The number of carbonyl (C=O) groups excluding carboxylic acids is 2. The summed E-state index contributed by atoms with van der Waals surface area (Å²) < 4.78 is 82.1. The van der Waals surface area contributed by atoms with Crippen molar-refractivity contribution in [3.63, 3.8) is 0 Å². The number of ether oxygens (including phenoxy) is 1. The number of aromatic nitrogens is 1. The summed E-state index contributed by atoms with van der Waals surface area (Å²) in [6.45, 7) is -0.246. The zero-order valence-corrected chi connectivity index (χ0v) is 20.1. The number of alkyl halides is 6. The molecule has 4 atom stereocenters. The molecule has 0 spiro atoms. The fourth-order valence-corrected chi connectivity index (χ4v) is 6.16. The van der Waals surface area contributed by atoms with Crippen LogP contribution in [0.1, 0.15) is 29.1 Å². The van der Waals surface area contributed by atoms with Gasteiger partial charge in [0.05, 0.1) is 16.9 Å². The Hall–Kier alpha value is -3.75. The molecular formula is C24H26F6N6O3. The van der Waals surface area contributed by atoms with Crippen LogP contribution in [0.5, 0.6) is 5.88 Å². The molecular weight excluding hydrogens is 534 g/mol. The Morgan fingerprint density at radius 3 is 2.00 bits per heavy atom. The molecule has 1 aliphatic carbocycles. The van der Waals surface area contributed by atoms with Crippen LogP contribution in [0.2, 0.25) is 0 Å². The van der Waals surface area contributed by atoms with Gasteiger partial charge < -0.3 is 25.4 Å². The van der Waals surface area contributed by atoms with Crippen LogP contribution < -0.4 is 21.1 Å². The van der Waals surface area contributed by atoms with E-state index in [-0.39, 0.29) is 38.0 Å². The molecule has 2 amide bonds. The maximum Gasteiger partial charge on any atom is 0.422 e. The van der Waals surface area contributed by atoms with Crippen molar-refractivity contribution in [1.82, 2.24) is 20.3 Å². The lowest BCUT2D eigenvalue weighted by atomic mass is 9.60. The number of rotatable bonds is 4. The van der Waals surface area contributed by atoms with E-state index in [4.69, 9.17) is 0 Å². The van der Waals surface area contributed by atoms with E-state index in [0.717, 1.165) is 17.6 Å². The van der Waals surface area contributed by atoms with Crippen molar-refractivity contribution >= 4 is 23.2 Å². The Morgan fingerprint density at radius 1 is 0.872 bits per heavy atom. The number of hydrazine groups is 2. The number of likely N-dealkylation sites (tertiary alicyclic amines) is 2. The minimum absolute atomic E-state index is 0. The van der Waals surface area contributed by atoms with E-state index >= 15 is 0 Å². The number of amides is 2. The van der Waals surface area contributed by atoms with Gasteiger partial charge in [-0.15, -0.1) is 5.53 Å². The van der Waals surface area contributed by atoms with Crippen molar-refractivity contribution in [3.05, 3.63) is 47.2 Å². The Bertz CT molecular complexity index is 1330. The zero-order chi connectivity index (χ0) is 27.7. The van der Waals surface area contributed by atoms with Crippen molar-refractivity contribution in [2.24, 2.45) is 23.7 Å². The first kappa shape index (κ1) is 25.5. The summed E-state index contributed by atoms with van der Waals surface area (Å²) in [6.07, 6.45) is -9.11. The van der Waals surface area contributed by atoms with E-state index < -0.39 is 36.3 Å². The lowest BCUT2D eigenvalue weighted by Gasteiger charge is -2.42. The second kappa shape index (κ2) is 8.89. The van der Waals surface area contributed by atoms with Crippen molar-refractivity contribution in [3.8, 4) is 5.88 Å². The minimum Gasteiger partial charge on any atom is -0.468 e. The Labute approximate surface area is 220 Å². The number of fused-ring (bicyclic) bond motifs is 5. The van der Waals surface area contributed by atoms with E-state index in [1.54, 1.807) is 23.1 Å². The fourth-order valence-electron chi connectivity index (χ4n) is 6.16. The molecule has 1 aromatic carbocycles. The third-order valence-electron chi connectivity index (χ3n) is 7.94. The maximum atomic E-state index is 13.5. The molecule has 3 N–H and O–H groups in total. The normalized spacial score (nSPS) is 25.3. The molecule has 0 bridgehead atoms. The second-order valence-electron chi connectivity index (χ2n) is 10.2. The van der Waals surface area contributed by atoms with Gasteiger partial charge in [0.15, 0.2) is 6.61 Å². The molecule has 6 rings (SSSR count). The summed E-state index contributed by atoms with van der Waals surface area (Å²) in [5.74, 6) is -1.44. The highest BCUT2D eigenvalue weighted by atomic mass is 19.4. The maximum absolute atomic E-state index is 13.5. The topological polar surface area (TPSA) is 98.8 Å². The summed E-state index contributed by atoms with van der Waals surface area (Å²) in [4.78, 5) is 32.8. The fraction of sp³-hybridized carbons (Fsp3) is 0.458. The number of nitrogens with one attached hydrogen (secondary N) is 3. The molecule has 0 radical (unpaired) electrons. The molecule has 4 aliphatic rings. The molecule has 3 aliphatic heterocycles. The van der Waals surface area contributed by atoms with Gasteiger partial charge in [-0.25, -0.2) is 4.98 Å². The molecule has 3 fully saturated rings. The standard InChI is InChI=1S/C24H22F6N6O3.2H2/c25-23(26,27)10-39-20-17(24(28,29)30)3-12(5-31-20)22(38)36-8-15-13-6-35(7-14(13)16(15)9-36)21(37)11-1-2-18-19(4-11)33-34-32-18;;/h1-5,13-16,32-34H,6-10H2;2*1H/t13-,14+,15?,16?;;. The number of hydrogen-bond donors (Lipinski definition) is 3. The van der Waals surface area contributed by atoms with Gasteiger partial charge in [0.25, 0.3) is 11.8 Å². The molecule has 212 valence electrons. The number of halogens is 6. The smallest absolute Gasteiger partial charge is 0.422 e. The summed E-state index contributed by atoms with van der Waals surface area (Å²) in [6, 6.07) is 5.79. The van der Waals surface area contributed by atoms with E-state index in [0.29, 0.717) is 37.8 Å². The minimum atomic E-state index is -5.07. The van der Waals surface area contributed by atoms with Crippen LogP contribution in [-0.4, -0.2) is 65.6 Å². The van der Waals surface area contributed by atoms with Crippen LogP contribution in [0.25, 0.3) is 0 Å². The largest absolute Gasteiger partial charge is 0.468 e. The number of nitrogens with zero attached hydrogens (tertiary/aromatic N) is 3. The first-order valence-corrected chi connectivity index (χ1v) is 12.2. The van der Waals surface area contributed by atoms with E-state index in [2.05, 4.69) is 26.1 Å². The molecule has 39 heavy (non-hydrogen) atoms. The summed E-state index contributed by atoms with van der Waals surface area (Å²) in [7, 11) is 0. The monoisotopic (exact) mass is 560 g/mol. The first-order valence-electron chi connectivity index (χ1n) is 12.2. The van der Waals surface area contributed by atoms with E-state index in [1.807, 2.05) is 0 Å². The molecule has 1 aromatic heterocycles. The second-order valence-corrected chi connectivity index (χ2v) is 10.2. The van der Waals surface area contributed by atoms with Crippen LogP contribution in [0.4, 0.5) is 37.7 Å². The molecule has 15 heteroatoms. The van der Waals surface area contributed by atoms with E-state index in [9.17, 15) is 35.9 Å². The highest BCUT2D eigenvalue weighted by Gasteiger charge is 2.59. The van der Waals surface area contributed by atoms with Gasteiger partial charge in [-0.05, 0) is 47.9 Å². The summed E-state index contributed by atoms with van der Waals surface area (Å²) in [5, 5.41) is 0. The van der Waals surface area contributed by atoms with Crippen molar-refractivity contribution in [2.45, 2.75) is 12.4 Å². The molecule has 2 aromatic rings. The van der Waals surface area contributed by atoms with Gasteiger partial charge in [-0.1, -0.05) is 0 Å². The van der Waals surface area contributed by atoms with Crippen LogP contribution in [-0.2, 0) is 6.18 Å². The Kier molecular flexibility index (Phi) is 5.82. The third kappa shape index (κ3) is 4.57. The number of anilines is 2. The van der Waals surface area contributed by atoms with Crippen molar-refractivity contribution < 1.29 is 43.5 Å². The third-order valence-corrected chi connectivity index (χ3v) is 7.94. The predicted molar refractivity (Wildman–Crippen MR) is 128 cm³/mol. The lowest BCUT2D eigenvalue weighted by Crippen LogP contribution is -2.44. The van der Waals surface area contributed by atoms with Gasteiger partial charge >= 0.3 is 12.4 Å². The van der Waals surface area contributed by atoms with Gasteiger partial charge in [0.1, 0.15) is 5.56 Å².